The molecule has 2 N–H and O–H groups in total. The summed E-state index contributed by atoms with van der Waals surface area (Å²) in [6, 6.07) is 11.3. The maximum atomic E-state index is 12.8. The Morgan fingerprint density at radius 1 is 1.11 bits per heavy atom. The number of rotatable bonds is 6. The molecule has 0 aliphatic carbocycles. The summed E-state index contributed by atoms with van der Waals surface area (Å²) in [7, 11) is 0. The minimum absolute atomic E-state index is 0. The molecule has 2 heterocycles. The number of nitrogens with one attached hydrogen (secondary N) is 2. The van der Waals surface area contributed by atoms with E-state index >= 15 is 0 Å². The molecule has 1 saturated heterocycles. The standard InChI is InChI=1S/C21H23N3O3.ClH/c25-18(23-13-15-7-3-11-22-15)10-4-12-24-20(26)16-8-1-5-14-6-2-9-17(19(14)16)21(24)27;/h1-2,5-6,8-9,15,22H,3-4,7,10-13H2,(H,23,25);1H. The third-order valence-corrected chi connectivity index (χ3v) is 5.35. The number of benzene rings is 2. The molecule has 0 aromatic heterocycles. The van der Waals surface area contributed by atoms with E-state index in [0.717, 1.165) is 30.2 Å². The number of carbonyl (C=O) groups excluding carboxylic acids is 3. The van der Waals surface area contributed by atoms with E-state index < -0.39 is 0 Å². The van der Waals surface area contributed by atoms with Gasteiger partial charge in [0.1, 0.15) is 0 Å². The fourth-order valence-electron chi connectivity index (χ4n) is 3.94. The summed E-state index contributed by atoms with van der Waals surface area (Å²) < 4.78 is 0. The molecule has 0 spiro atoms. The molecule has 0 saturated carbocycles. The minimum atomic E-state index is -0.278. The number of hydrogen-bond acceptors (Lipinski definition) is 4. The molecule has 2 aliphatic heterocycles. The maximum Gasteiger partial charge on any atom is 0.261 e. The predicted octanol–water partition coefficient (Wildman–Crippen LogP) is 2.51. The molecule has 0 bridgehead atoms. The van der Waals surface area contributed by atoms with E-state index in [1.807, 2.05) is 24.3 Å². The summed E-state index contributed by atoms with van der Waals surface area (Å²) in [5, 5.41) is 7.89. The van der Waals surface area contributed by atoms with Gasteiger partial charge in [-0.25, -0.2) is 0 Å². The molecule has 1 atom stereocenters. The van der Waals surface area contributed by atoms with Gasteiger partial charge < -0.3 is 10.6 Å². The highest BCUT2D eigenvalue weighted by Gasteiger charge is 2.32. The summed E-state index contributed by atoms with van der Waals surface area (Å²) in [5.74, 6) is -0.595. The zero-order valence-corrected chi connectivity index (χ0v) is 16.4. The van der Waals surface area contributed by atoms with E-state index in [1.165, 1.54) is 4.90 Å². The Balaban J connectivity index is 0.00000225. The van der Waals surface area contributed by atoms with Crippen molar-refractivity contribution in [2.75, 3.05) is 19.6 Å². The Labute approximate surface area is 170 Å². The van der Waals surface area contributed by atoms with Crippen LogP contribution in [-0.4, -0.2) is 48.3 Å². The van der Waals surface area contributed by atoms with Crippen molar-refractivity contribution in [1.29, 1.82) is 0 Å². The lowest BCUT2D eigenvalue weighted by Crippen LogP contribution is -2.41. The van der Waals surface area contributed by atoms with Gasteiger partial charge in [-0.15, -0.1) is 12.4 Å². The first-order valence-electron chi connectivity index (χ1n) is 9.53. The Bertz CT molecular complexity index is 858. The van der Waals surface area contributed by atoms with Crippen LogP contribution in [0.1, 0.15) is 46.4 Å². The molecule has 6 nitrogen and oxygen atoms in total. The molecule has 1 fully saturated rings. The Morgan fingerprint density at radius 2 is 1.79 bits per heavy atom. The topological polar surface area (TPSA) is 78.5 Å². The van der Waals surface area contributed by atoms with Crippen LogP contribution in [0.3, 0.4) is 0 Å². The van der Waals surface area contributed by atoms with Crippen LogP contribution in [0, 0.1) is 0 Å². The first-order chi connectivity index (χ1) is 13.1. The van der Waals surface area contributed by atoms with Crippen LogP contribution >= 0.6 is 12.4 Å². The molecule has 0 radical (unpaired) electrons. The van der Waals surface area contributed by atoms with Crippen molar-refractivity contribution in [3.8, 4) is 0 Å². The normalized spacial score (nSPS) is 18.3. The van der Waals surface area contributed by atoms with E-state index in [2.05, 4.69) is 10.6 Å². The quantitative estimate of drug-likeness (QED) is 0.729. The summed E-state index contributed by atoms with van der Waals surface area (Å²) in [6.45, 7) is 1.89. The molecule has 1 unspecified atom stereocenters. The minimum Gasteiger partial charge on any atom is -0.355 e. The second kappa shape index (κ2) is 8.71. The van der Waals surface area contributed by atoms with Crippen LogP contribution in [0.15, 0.2) is 36.4 Å². The average molecular weight is 402 g/mol. The van der Waals surface area contributed by atoms with Crippen LogP contribution < -0.4 is 10.6 Å². The number of amides is 3. The molecule has 3 amide bonds. The first-order valence-corrected chi connectivity index (χ1v) is 9.53. The lowest BCUT2D eigenvalue weighted by molar-refractivity contribution is -0.121. The van der Waals surface area contributed by atoms with Crippen LogP contribution in [0.2, 0.25) is 0 Å². The van der Waals surface area contributed by atoms with Crippen molar-refractivity contribution < 1.29 is 14.4 Å². The van der Waals surface area contributed by atoms with E-state index in [-0.39, 0.29) is 36.7 Å². The van der Waals surface area contributed by atoms with Gasteiger partial charge in [0.05, 0.1) is 0 Å². The number of imide groups is 1. The van der Waals surface area contributed by atoms with Gasteiger partial charge in [0.25, 0.3) is 11.8 Å². The molecule has 2 aromatic rings. The zero-order chi connectivity index (χ0) is 18.8. The summed E-state index contributed by atoms with van der Waals surface area (Å²) >= 11 is 0. The van der Waals surface area contributed by atoms with Gasteiger partial charge in [0.2, 0.25) is 5.91 Å². The smallest absolute Gasteiger partial charge is 0.261 e. The van der Waals surface area contributed by atoms with E-state index in [1.54, 1.807) is 12.1 Å². The van der Waals surface area contributed by atoms with Gasteiger partial charge in [0, 0.05) is 42.1 Å². The summed E-state index contributed by atoms with van der Waals surface area (Å²) in [5.41, 5.74) is 1.11. The van der Waals surface area contributed by atoms with Crippen LogP contribution in [0.4, 0.5) is 0 Å². The molecule has 148 valence electrons. The summed E-state index contributed by atoms with van der Waals surface area (Å²) in [6.07, 6.45) is 2.99. The fourth-order valence-corrected chi connectivity index (χ4v) is 3.94. The largest absolute Gasteiger partial charge is 0.355 e. The van der Waals surface area contributed by atoms with Crippen molar-refractivity contribution in [3.63, 3.8) is 0 Å². The Hall–Kier alpha value is -2.44. The van der Waals surface area contributed by atoms with Gasteiger partial charge in [-0.2, -0.15) is 0 Å². The van der Waals surface area contributed by atoms with Crippen molar-refractivity contribution in [3.05, 3.63) is 47.5 Å². The number of carbonyl (C=O) groups is 3. The van der Waals surface area contributed by atoms with Crippen LogP contribution in [0.5, 0.6) is 0 Å². The van der Waals surface area contributed by atoms with Gasteiger partial charge >= 0.3 is 0 Å². The van der Waals surface area contributed by atoms with E-state index in [9.17, 15) is 14.4 Å². The van der Waals surface area contributed by atoms with E-state index in [0.29, 0.717) is 36.6 Å². The number of halogens is 1. The van der Waals surface area contributed by atoms with Crippen molar-refractivity contribution in [2.45, 2.75) is 31.7 Å². The molecule has 7 heteroatoms. The van der Waals surface area contributed by atoms with Crippen molar-refractivity contribution in [2.24, 2.45) is 0 Å². The SMILES string of the molecule is Cl.O=C(CCCN1C(=O)c2cccc3cccc(c23)C1=O)NCC1CCCN1. The Morgan fingerprint density at radius 3 is 2.39 bits per heavy atom. The van der Waals surface area contributed by atoms with Gasteiger partial charge in [-0.05, 0) is 43.3 Å². The third-order valence-electron chi connectivity index (χ3n) is 5.35. The third kappa shape index (κ3) is 3.88. The number of nitrogens with zero attached hydrogens (tertiary/aromatic N) is 1. The lowest BCUT2D eigenvalue weighted by Gasteiger charge is -2.27. The molecule has 2 aliphatic rings. The molecule has 28 heavy (non-hydrogen) atoms. The molecular formula is C21H24ClN3O3. The van der Waals surface area contributed by atoms with Gasteiger partial charge in [0.15, 0.2) is 0 Å². The predicted molar refractivity (Wildman–Crippen MR) is 110 cm³/mol. The molecule has 2 aromatic carbocycles. The highest BCUT2D eigenvalue weighted by atomic mass is 35.5. The highest BCUT2D eigenvalue weighted by molar-refractivity contribution is 6.25. The Kier molecular flexibility index (Phi) is 6.31. The van der Waals surface area contributed by atoms with Gasteiger partial charge in [-0.1, -0.05) is 24.3 Å². The summed E-state index contributed by atoms with van der Waals surface area (Å²) in [4.78, 5) is 38.9. The zero-order valence-electron chi connectivity index (χ0n) is 15.6. The van der Waals surface area contributed by atoms with Gasteiger partial charge in [-0.3, -0.25) is 19.3 Å². The lowest BCUT2D eigenvalue weighted by atomic mass is 9.94. The highest BCUT2D eigenvalue weighted by Crippen LogP contribution is 2.29. The maximum absolute atomic E-state index is 12.8. The second-order valence-electron chi connectivity index (χ2n) is 7.17. The fraction of sp³-hybridized carbons (Fsp3) is 0.381. The number of hydrogen-bond donors (Lipinski definition) is 2. The molecular weight excluding hydrogens is 378 g/mol. The monoisotopic (exact) mass is 401 g/mol. The molecule has 4 rings (SSSR count). The van der Waals surface area contributed by atoms with Crippen molar-refractivity contribution >= 4 is 40.9 Å². The second-order valence-corrected chi connectivity index (χ2v) is 7.17. The van der Waals surface area contributed by atoms with Crippen molar-refractivity contribution in [1.82, 2.24) is 15.5 Å². The average Bonchev–Trinajstić information content (AvgIpc) is 3.20. The van der Waals surface area contributed by atoms with Crippen LogP contribution in [-0.2, 0) is 4.79 Å². The van der Waals surface area contributed by atoms with Crippen LogP contribution in [0.25, 0.3) is 10.8 Å². The first kappa shape index (κ1) is 20.3. The van der Waals surface area contributed by atoms with E-state index in [4.69, 9.17) is 0 Å².